The molecule has 2 N–H and O–H groups in total. The third-order valence-electron chi connectivity index (χ3n) is 4.67. The monoisotopic (exact) mass is 388 g/mol. The average molecular weight is 389 g/mol. The van der Waals surface area contributed by atoms with E-state index in [1.807, 2.05) is 31.2 Å². The number of aliphatic imine (C=N–C) groups is 1. The Bertz CT molecular complexity index is 622. The van der Waals surface area contributed by atoms with Crippen LogP contribution in [0.2, 0.25) is 0 Å². The molecule has 1 fully saturated rings. The Kier molecular flexibility index (Phi) is 9.14. The van der Waals surface area contributed by atoms with E-state index < -0.39 is 0 Å². The van der Waals surface area contributed by atoms with E-state index in [1.165, 1.54) is 5.57 Å². The molecule has 2 rings (SSSR count). The van der Waals surface area contributed by atoms with Gasteiger partial charge in [-0.2, -0.15) is 0 Å². The van der Waals surface area contributed by atoms with Crippen molar-refractivity contribution < 1.29 is 9.47 Å². The van der Waals surface area contributed by atoms with Crippen molar-refractivity contribution in [3.8, 4) is 11.5 Å². The zero-order valence-electron chi connectivity index (χ0n) is 17.8. The van der Waals surface area contributed by atoms with Gasteiger partial charge in [-0.05, 0) is 57.9 Å². The van der Waals surface area contributed by atoms with Crippen LogP contribution in [0, 0.1) is 0 Å². The molecule has 1 saturated heterocycles. The van der Waals surface area contributed by atoms with Crippen molar-refractivity contribution in [3.63, 3.8) is 0 Å². The third kappa shape index (κ3) is 7.80. The maximum atomic E-state index is 5.95. The number of likely N-dealkylation sites (tertiary alicyclic amines) is 1. The summed E-state index contributed by atoms with van der Waals surface area (Å²) < 4.78 is 11.1. The summed E-state index contributed by atoms with van der Waals surface area (Å²) in [4.78, 5) is 7.19. The van der Waals surface area contributed by atoms with Gasteiger partial charge in [-0.25, -0.2) is 4.99 Å². The van der Waals surface area contributed by atoms with Crippen LogP contribution < -0.4 is 20.1 Å². The van der Waals surface area contributed by atoms with Gasteiger partial charge in [-0.3, -0.25) is 4.90 Å². The van der Waals surface area contributed by atoms with E-state index in [-0.39, 0.29) is 6.10 Å². The van der Waals surface area contributed by atoms with Crippen molar-refractivity contribution >= 4 is 5.96 Å². The predicted molar refractivity (Wildman–Crippen MR) is 116 cm³/mol. The molecule has 0 aliphatic carbocycles. The van der Waals surface area contributed by atoms with Crippen LogP contribution in [-0.2, 0) is 0 Å². The Morgan fingerprint density at radius 3 is 2.46 bits per heavy atom. The summed E-state index contributed by atoms with van der Waals surface area (Å²) in [5, 5.41) is 6.93. The quantitative estimate of drug-likeness (QED) is 0.387. The van der Waals surface area contributed by atoms with Crippen molar-refractivity contribution in [1.29, 1.82) is 0 Å². The highest BCUT2D eigenvalue weighted by Gasteiger charge is 2.19. The van der Waals surface area contributed by atoms with E-state index in [0.29, 0.717) is 12.6 Å². The lowest BCUT2D eigenvalue weighted by molar-refractivity contribution is 0.220. The second-order valence-corrected chi connectivity index (χ2v) is 7.48. The summed E-state index contributed by atoms with van der Waals surface area (Å²) in [5.41, 5.74) is 1.23. The fourth-order valence-electron chi connectivity index (χ4n) is 3.27. The van der Waals surface area contributed by atoms with Crippen LogP contribution in [-0.4, -0.2) is 62.8 Å². The zero-order valence-corrected chi connectivity index (χ0v) is 17.8. The Balaban J connectivity index is 1.81. The van der Waals surface area contributed by atoms with Crippen LogP contribution >= 0.6 is 0 Å². The molecule has 0 radical (unpaired) electrons. The number of ether oxygens (including phenoxy) is 2. The fraction of sp³-hybridized carbons (Fsp3) is 0.591. The standard InChI is InChI=1S/C22H36N4O2/c1-6-23-22(25-19-11-13-26(14-12-19)16-17(2)3)24-15-18(4)28-21-9-7-20(27-5)8-10-21/h7-10,18-19H,2,6,11-16H2,1,3-5H3,(H2,23,24,25). The zero-order chi connectivity index (χ0) is 20.4. The van der Waals surface area contributed by atoms with Crippen molar-refractivity contribution in [2.24, 2.45) is 4.99 Å². The molecular weight excluding hydrogens is 352 g/mol. The molecule has 1 aliphatic rings. The van der Waals surface area contributed by atoms with Gasteiger partial charge in [0.25, 0.3) is 0 Å². The topological polar surface area (TPSA) is 58.1 Å². The lowest BCUT2D eigenvalue weighted by atomic mass is 10.0. The van der Waals surface area contributed by atoms with Crippen LogP contribution in [0.25, 0.3) is 0 Å². The molecule has 1 aromatic carbocycles. The number of hydrogen-bond donors (Lipinski definition) is 2. The fourth-order valence-corrected chi connectivity index (χ4v) is 3.27. The number of piperidine rings is 1. The first-order valence-electron chi connectivity index (χ1n) is 10.2. The maximum absolute atomic E-state index is 5.95. The molecule has 6 heteroatoms. The Morgan fingerprint density at radius 2 is 1.89 bits per heavy atom. The minimum atomic E-state index is -0.0127. The highest BCUT2D eigenvalue weighted by atomic mass is 16.5. The highest BCUT2D eigenvalue weighted by Crippen LogP contribution is 2.18. The molecule has 1 heterocycles. The molecule has 0 aromatic heterocycles. The van der Waals surface area contributed by atoms with E-state index in [9.17, 15) is 0 Å². The van der Waals surface area contributed by atoms with E-state index in [1.54, 1.807) is 7.11 Å². The SMILES string of the molecule is C=C(C)CN1CCC(NC(=NCC(C)Oc2ccc(OC)cc2)NCC)CC1. The van der Waals surface area contributed by atoms with Crippen LogP contribution in [0.3, 0.4) is 0 Å². The Hall–Kier alpha value is -2.21. The molecule has 156 valence electrons. The second-order valence-electron chi connectivity index (χ2n) is 7.48. The van der Waals surface area contributed by atoms with Crippen LogP contribution in [0.5, 0.6) is 11.5 Å². The lowest BCUT2D eigenvalue weighted by Crippen LogP contribution is -2.49. The summed E-state index contributed by atoms with van der Waals surface area (Å²) in [6, 6.07) is 8.09. The maximum Gasteiger partial charge on any atom is 0.191 e. The normalized spacial score (nSPS) is 17.1. The molecule has 0 saturated carbocycles. The van der Waals surface area contributed by atoms with E-state index in [2.05, 4.69) is 36.0 Å². The first-order valence-corrected chi connectivity index (χ1v) is 10.2. The molecule has 6 nitrogen and oxygen atoms in total. The minimum absolute atomic E-state index is 0.0127. The molecule has 1 unspecified atom stereocenters. The molecule has 1 aromatic rings. The van der Waals surface area contributed by atoms with Crippen molar-refractivity contribution in [3.05, 3.63) is 36.4 Å². The van der Waals surface area contributed by atoms with Crippen molar-refractivity contribution in [2.45, 2.75) is 45.8 Å². The van der Waals surface area contributed by atoms with Gasteiger partial charge in [0, 0.05) is 32.2 Å². The molecule has 1 aliphatic heterocycles. The minimum Gasteiger partial charge on any atom is -0.497 e. The van der Waals surface area contributed by atoms with Gasteiger partial charge in [-0.15, -0.1) is 0 Å². The summed E-state index contributed by atoms with van der Waals surface area (Å²) in [6.45, 7) is 14.9. The van der Waals surface area contributed by atoms with E-state index in [0.717, 1.165) is 56.5 Å². The van der Waals surface area contributed by atoms with E-state index >= 15 is 0 Å². The molecule has 0 spiro atoms. The number of nitrogens with zero attached hydrogens (tertiary/aromatic N) is 2. The Morgan fingerprint density at radius 1 is 1.25 bits per heavy atom. The summed E-state index contributed by atoms with van der Waals surface area (Å²) in [5.74, 6) is 2.52. The van der Waals surface area contributed by atoms with Crippen molar-refractivity contribution in [1.82, 2.24) is 15.5 Å². The summed E-state index contributed by atoms with van der Waals surface area (Å²) in [6.07, 6.45) is 2.23. The molecule has 0 bridgehead atoms. The van der Waals surface area contributed by atoms with Gasteiger partial charge in [0.2, 0.25) is 0 Å². The second kappa shape index (κ2) is 11.6. The largest absolute Gasteiger partial charge is 0.497 e. The average Bonchev–Trinajstić information content (AvgIpc) is 2.68. The number of nitrogens with one attached hydrogen (secondary N) is 2. The highest BCUT2D eigenvalue weighted by molar-refractivity contribution is 5.80. The first-order chi connectivity index (χ1) is 13.5. The van der Waals surface area contributed by atoms with Gasteiger partial charge in [0.1, 0.15) is 17.6 Å². The van der Waals surface area contributed by atoms with Gasteiger partial charge in [0.05, 0.1) is 13.7 Å². The smallest absolute Gasteiger partial charge is 0.191 e. The molecular formula is C22H36N4O2. The number of hydrogen-bond acceptors (Lipinski definition) is 4. The lowest BCUT2D eigenvalue weighted by Gasteiger charge is -2.33. The van der Waals surface area contributed by atoms with Crippen molar-refractivity contribution in [2.75, 3.05) is 39.8 Å². The van der Waals surface area contributed by atoms with E-state index in [4.69, 9.17) is 14.5 Å². The van der Waals surface area contributed by atoms with Crippen LogP contribution in [0.1, 0.15) is 33.6 Å². The number of guanidine groups is 1. The first kappa shape index (κ1) is 22.1. The van der Waals surface area contributed by atoms with Crippen LogP contribution in [0.15, 0.2) is 41.4 Å². The number of rotatable bonds is 9. The summed E-state index contributed by atoms with van der Waals surface area (Å²) in [7, 11) is 1.66. The van der Waals surface area contributed by atoms with Gasteiger partial charge < -0.3 is 20.1 Å². The third-order valence-corrected chi connectivity index (χ3v) is 4.67. The molecule has 1 atom stereocenters. The predicted octanol–water partition coefficient (Wildman–Crippen LogP) is 3.06. The van der Waals surface area contributed by atoms with Gasteiger partial charge in [-0.1, -0.05) is 12.2 Å². The Labute approximate surface area is 170 Å². The number of benzene rings is 1. The summed E-state index contributed by atoms with van der Waals surface area (Å²) >= 11 is 0. The van der Waals surface area contributed by atoms with Gasteiger partial charge >= 0.3 is 0 Å². The van der Waals surface area contributed by atoms with Gasteiger partial charge in [0.15, 0.2) is 5.96 Å². The van der Waals surface area contributed by atoms with Crippen LogP contribution in [0.4, 0.5) is 0 Å². The molecule has 0 amide bonds. The molecule has 28 heavy (non-hydrogen) atoms. The number of methoxy groups -OCH3 is 1.